The molecule has 0 unspecified atom stereocenters. The van der Waals surface area contributed by atoms with Gasteiger partial charge in [0.15, 0.2) is 0 Å². The third-order valence-corrected chi connectivity index (χ3v) is 9.10. The summed E-state index contributed by atoms with van der Waals surface area (Å²) in [5.41, 5.74) is 0.745. The number of hydrogen-bond donors (Lipinski definition) is 1. The predicted molar refractivity (Wildman–Crippen MR) is 128 cm³/mol. The molecule has 3 fully saturated rings. The molecule has 4 nitrogen and oxygen atoms in total. The lowest BCUT2D eigenvalue weighted by Crippen LogP contribution is -2.66. The zero-order valence-electron chi connectivity index (χ0n) is 18.8. The van der Waals surface area contributed by atoms with Crippen molar-refractivity contribution in [3.05, 3.63) is 42.5 Å². The molecule has 166 valence electrons. The molecule has 2 bridgehead atoms. The molecular weight excluding hydrogens is 412 g/mol. The molecule has 1 amide bonds. The summed E-state index contributed by atoms with van der Waals surface area (Å²) in [6.45, 7) is 12.6. The molecule has 1 saturated carbocycles. The number of nitrogens with zero attached hydrogens (tertiary/aromatic N) is 1. The number of fused-ring (bicyclic) bond motifs is 3. The average Bonchev–Trinajstić information content (AvgIpc) is 2.73. The topological polar surface area (TPSA) is 49.4 Å². The summed E-state index contributed by atoms with van der Waals surface area (Å²) < 4.78 is 16.3. The van der Waals surface area contributed by atoms with E-state index in [4.69, 9.17) is 0 Å². The Morgan fingerprint density at radius 1 is 1.30 bits per heavy atom. The number of thioether (sulfide) groups is 1. The lowest BCUT2D eigenvalue weighted by Gasteiger charge is -2.57. The SMILES string of the molecule is C=CCN1C(=O)C2CCC1([C@@H](N[S@](=O)C(C)(C)C)c1ccc(SCCC)cc1)CC2. The molecule has 1 N–H and O–H groups in total. The van der Waals surface area contributed by atoms with Gasteiger partial charge in [0.1, 0.15) is 0 Å². The molecule has 1 aromatic rings. The summed E-state index contributed by atoms with van der Waals surface area (Å²) in [7, 11) is -1.24. The van der Waals surface area contributed by atoms with Crippen LogP contribution in [0.5, 0.6) is 0 Å². The van der Waals surface area contributed by atoms with Crippen molar-refractivity contribution in [2.45, 2.75) is 81.0 Å². The molecule has 1 aliphatic carbocycles. The van der Waals surface area contributed by atoms with Gasteiger partial charge < -0.3 is 4.90 Å². The van der Waals surface area contributed by atoms with E-state index in [2.05, 4.69) is 42.5 Å². The monoisotopic (exact) mass is 448 g/mol. The highest BCUT2D eigenvalue weighted by molar-refractivity contribution is 7.99. The molecule has 0 spiro atoms. The van der Waals surface area contributed by atoms with Gasteiger partial charge in [0, 0.05) is 17.4 Å². The van der Waals surface area contributed by atoms with Crippen LogP contribution in [-0.4, -0.2) is 37.6 Å². The molecule has 3 aliphatic rings. The number of amides is 1. The molecular formula is C24H36N2O2S2. The summed E-state index contributed by atoms with van der Waals surface area (Å²) in [5.74, 6) is 1.46. The largest absolute Gasteiger partial charge is 0.331 e. The van der Waals surface area contributed by atoms with Crippen LogP contribution in [-0.2, 0) is 15.8 Å². The summed E-state index contributed by atoms with van der Waals surface area (Å²) >= 11 is 1.86. The molecule has 2 aliphatic heterocycles. The van der Waals surface area contributed by atoms with E-state index in [1.807, 2.05) is 43.5 Å². The first-order valence-electron chi connectivity index (χ1n) is 11.1. The minimum absolute atomic E-state index is 0.133. The van der Waals surface area contributed by atoms with Crippen LogP contribution in [0.15, 0.2) is 41.8 Å². The predicted octanol–water partition coefficient (Wildman–Crippen LogP) is 5.24. The van der Waals surface area contributed by atoms with Gasteiger partial charge in [0.2, 0.25) is 5.91 Å². The molecule has 2 saturated heterocycles. The second-order valence-electron chi connectivity index (χ2n) is 9.46. The molecule has 2 heterocycles. The number of carbonyl (C=O) groups is 1. The van der Waals surface area contributed by atoms with Crippen LogP contribution in [0.25, 0.3) is 0 Å². The molecule has 0 radical (unpaired) electrons. The van der Waals surface area contributed by atoms with E-state index < -0.39 is 11.0 Å². The van der Waals surface area contributed by atoms with Gasteiger partial charge in [0.05, 0.1) is 27.3 Å². The van der Waals surface area contributed by atoms with Crippen LogP contribution in [0.4, 0.5) is 0 Å². The fourth-order valence-electron chi connectivity index (χ4n) is 4.67. The summed E-state index contributed by atoms with van der Waals surface area (Å²) in [4.78, 5) is 16.4. The Balaban J connectivity index is 2.01. The standard InChI is InChI=1S/C24H36N2O2S2/c1-6-16-26-22(27)19-12-14-24(26,15-13-19)21(25-30(28)23(3,4)5)18-8-10-20(11-9-18)29-17-7-2/h6,8-11,19,21,25H,1,7,12-17H2,2-5H3/t19?,21-,24?,30+/m0/s1. The Labute approximate surface area is 188 Å². The molecule has 6 heteroatoms. The van der Waals surface area contributed by atoms with Gasteiger partial charge in [-0.05, 0) is 76.3 Å². The number of nitrogens with one attached hydrogen (secondary N) is 1. The van der Waals surface area contributed by atoms with Crippen molar-refractivity contribution in [1.29, 1.82) is 0 Å². The van der Waals surface area contributed by atoms with Gasteiger partial charge in [-0.3, -0.25) is 4.79 Å². The van der Waals surface area contributed by atoms with Gasteiger partial charge in [-0.1, -0.05) is 25.1 Å². The third kappa shape index (κ3) is 4.71. The molecule has 0 aromatic heterocycles. The summed E-state index contributed by atoms with van der Waals surface area (Å²) in [6, 6.07) is 8.46. The first kappa shape index (κ1) is 23.6. The van der Waals surface area contributed by atoms with Gasteiger partial charge in [-0.25, -0.2) is 8.93 Å². The van der Waals surface area contributed by atoms with E-state index in [9.17, 15) is 9.00 Å². The quantitative estimate of drug-likeness (QED) is 0.415. The van der Waals surface area contributed by atoms with Crippen molar-refractivity contribution in [2.24, 2.45) is 5.92 Å². The maximum atomic E-state index is 13.2. The van der Waals surface area contributed by atoms with Crippen molar-refractivity contribution in [2.75, 3.05) is 12.3 Å². The zero-order chi connectivity index (χ0) is 21.9. The van der Waals surface area contributed by atoms with Gasteiger partial charge in [-0.15, -0.1) is 18.3 Å². The highest BCUT2D eigenvalue weighted by Crippen LogP contribution is 2.50. The van der Waals surface area contributed by atoms with Gasteiger partial charge in [-0.2, -0.15) is 0 Å². The van der Waals surface area contributed by atoms with Gasteiger partial charge in [0.25, 0.3) is 0 Å². The molecule has 1 aromatic carbocycles. The van der Waals surface area contributed by atoms with Gasteiger partial charge >= 0.3 is 0 Å². The first-order chi connectivity index (χ1) is 14.2. The Kier molecular flexibility index (Phi) is 7.52. The van der Waals surface area contributed by atoms with E-state index in [0.29, 0.717) is 6.54 Å². The molecule has 30 heavy (non-hydrogen) atoms. The lowest BCUT2D eigenvalue weighted by atomic mass is 9.65. The van der Waals surface area contributed by atoms with E-state index in [0.717, 1.165) is 43.4 Å². The Morgan fingerprint density at radius 2 is 1.93 bits per heavy atom. The van der Waals surface area contributed by atoms with Crippen molar-refractivity contribution in [3.8, 4) is 0 Å². The van der Waals surface area contributed by atoms with Crippen molar-refractivity contribution >= 4 is 28.7 Å². The number of rotatable bonds is 9. The molecule has 4 rings (SSSR count). The van der Waals surface area contributed by atoms with E-state index in [1.54, 1.807) is 0 Å². The van der Waals surface area contributed by atoms with Crippen molar-refractivity contribution in [3.63, 3.8) is 0 Å². The van der Waals surface area contributed by atoms with E-state index in [-0.39, 0.29) is 28.2 Å². The normalized spacial score (nSPS) is 25.9. The maximum absolute atomic E-state index is 13.2. The minimum Gasteiger partial charge on any atom is -0.331 e. The third-order valence-electron chi connectivity index (χ3n) is 6.32. The average molecular weight is 449 g/mol. The highest BCUT2D eigenvalue weighted by atomic mass is 32.2. The number of hydrogen-bond acceptors (Lipinski definition) is 3. The van der Waals surface area contributed by atoms with E-state index in [1.165, 1.54) is 4.90 Å². The van der Waals surface area contributed by atoms with Crippen LogP contribution in [0, 0.1) is 5.92 Å². The number of benzene rings is 1. The maximum Gasteiger partial charge on any atom is 0.226 e. The summed E-state index contributed by atoms with van der Waals surface area (Å²) in [6.07, 6.45) is 6.66. The van der Waals surface area contributed by atoms with Crippen LogP contribution < -0.4 is 4.72 Å². The lowest BCUT2D eigenvalue weighted by molar-refractivity contribution is -0.157. The Hall–Kier alpha value is -1.11. The van der Waals surface area contributed by atoms with Crippen LogP contribution in [0.3, 0.4) is 0 Å². The number of carbonyl (C=O) groups excluding carboxylic acids is 1. The summed E-state index contributed by atoms with van der Waals surface area (Å²) in [5, 5.41) is 0. The van der Waals surface area contributed by atoms with Crippen LogP contribution in [0.2, 0.25) is 0 Å². The second-order valence-corrected chi connectivity index (χ2v) is 12.6. The van der Waals surface area contributed by atoms with Crippen LogP contribution >= 0.6 is 11.8 Å². The Bertz CT molecular complexity index is 777. The van der Waals surface area contributed by atoms with E-state index >= 15 is 0 Å². The van der Waals surface area contributed by atoms with Crippen molar-refractivity contribution < 1.29 is 9.00 Å². The smallest absolute Gasteiger partial charge is 0.226 e. The first-order valence-corrected chi connectivity index (χ1v) is 13.2. The fourth-order valence-corrected chi connectivity index (χ4v) is 6.36. The number of piperidine rings is 2. The van der Waals surface area contributed by atoms with Crippen molar-refractivity contribution in [1.82, 2.24) is 9.62 Å². The second kappa shape index (κ2) is 9.58. The molecule has 2 atom stereocenters. The zero-order valence-corrected chi connectivity index (χ0v) is 20.4. The Morgan fingerprint density at radius 3 is 2.47 bits per heavy atom. The van der Waals surface area contributed by atoms with Crippen LogP contribution in [0.1, 0.15) is 71.4 Å². The highest BCUT2D eigenvalue weighted by Gasteiger charge is 2.55. The fraction of sp³-hybridized carbons (Fsp3) is 0.625. The minimum atomic E-state index is -1.24.